The predicted octanol–water partition coefficient (Wildman–Crippen LogP) is 7.45. The van der Waals surface area contributed by atoms with E-state index in [1.807, 2.05) is 18.2 Å². The molecule has 33 heavy (non-hydrogen) atoms. The molecule has 1 amide bonds. The normalized spacial score (nSPS) is 16.2. The van der Waals surface area contributed by atoms with Crippen LogP contribution in [-0.4, -0.2) is 15.6 Å². The van der Waals surface area contributed by atoms with Crippen molar-refractivity contribution >= 4 is 68.6 Å². The molecule has 1 aliphatic rings. The van der Waals surface area contributed by atoms with E-state index in [0.717, 1.165) is 22.6 Å². The van der Waals surface area contributed by atoms with E-state index in [9.17, 15) is 4.79 Å². The lowest BCUT2D eigenvalue weighted by molar-refractivity contribution is -0.115. The highest BCUT2D eigenvalue weighted by Gasteiger charge is 2.25. The first-order valence-electron chi connectivity index (χ1n) is 10.3. The minimum absolute atomic E-state index is 0.188. The molecular weight excluding hydrogens is 473 g/mol. The van der Waals surface area contributed by atoms with Gasteiger partial charge in [0.2, 0.25) is 0 Å². The van der Waals surface area contributed by atoms with E-state index >= 15 is 0 Å². The van der Waals surface area contributed by atoms with Gasteiger partial charge in [0.05, 0.1) is 20.6 Å². The Labute approximate surface area is 205 Å². The summed E-state index contributed by atoms with van der Waals surface area (Å²) in [4.78, 5) is 17.6. The van der Waals surface area contributed by atoms with Crippen molar-refractivity contribution in [3.05, 3.63) is 98.6 Å². The number of aryl methyl sites for hydroxylation is 1. The van der Waals surface area contributed by atoms with Crippen molar-refractivity contribution in [2.24, 2.45) is 4.99 Å². The maximum absolute atomic E-state index is 12.6. The van der Waals surface area contributed by atoms with Gasteiger partial charge in [-0.1, -0.05) is 59.6 Å². The summed E-state index contributed by atoms with van der Waals surface area (Å²) in [6, 6.07) is 22.1. The maximum Gasteiger partial charge on any atom is 0.264 e. The van der Waals surface area contributed by atoms with Crippen LogP contribution in [0.2, 0.25) is 10.0 Å². The van der Waals surface area contributed by atoms with Crippen LogP contribution in [0, 0.1) is 13.8 Å². The topological polar surface area (TPSA) is 46.4 Å². The van der Waals surface area contributed by atoms with Gasteiger partial charge in [-0.3, -0.25) is 4.79 Å². The summed E-state index contributed by atoms with van der Waals surface area (Å²) >= 11 is 13.6. The summed E-state index contributed by atoms with van der Waals surface area (Å²) in [6.45, 7) is 4.13. The molecule has 7 heteroatoms. The first-order valence-corrected chi connectivity index (χ1v) is 11.9. The molecule has 164 valence electrons. The third-order valence-corrected chi connectivity index (χ3v) is 7.27. The number of nitrogens with one attached hydrogen (secondary N) is 1. The molecule has 0 spiro atoms. The Morgan fingerprint density at radius 3 is 2.58 bits per heavy atom. The number of fused-ring (bicyclic) bond motifs is 1. The summed E-state index contributed by atoms with van der Waals surface area (Å²) in [6.07, 6.45) is 1.90. The minimum Gasteiger partial charge on any atom is -0.318 e. The minimum atomic E-state index is -0.188. The number of aliphatic imine (C=N–C) groups is 1. The molecule has 1 saturated heterocycles. The molecule has 1 aromatic heterocycles. The standard InChI is InChI=1S/C26H19Cl2N3OS/c1-15-12-19(16(2)31(15)20-11-10-17-6-3-4-7-18(17)13-20)14-23-25(32)30-26(33-23)29-22-9-5-8-21(27)24(22)28/h3-14H,1-2H3,(H,29,30,32). The summed E-state index contributed by atoms with van der Waals surface area (Å²) < 4.78 is 2.21. The largest absolute Gasteiger partial charge is 0.318 e. The van der Waals surface area contributed by atoms with Gasteiger partial charge in [-0.2, -0.15) is 0 Å². The van der Waals surface area contributed by atoms with E-state index in [1.54, 1.807) is 18.2 Å². The highest BCUT2D eigenvalue weighted by atomic mass is 35.5. The fourth-order valence-electron chi connectivity index (χ4n) is 3.96. The van der Waals surface area contributed by atoms with Crippen LogP contribution >= 0.6 is 35.0 Å². The number of rotatable bonds is 3. The molecular formula is C26H19Cl2N3OS. The highest BCUT2D eigenvalue weighted by molar-refractivity contribution is 8.18. The number of thioether (sulfide) groups is 1. The molecule has 4 nitrogen and oxygen atoms in total. The van der Waals surface area contributed by atoms with Gasteiger partial charge in [0.1, 0.15) is 0 Å². The quantitative estimate of drug-likeness (QED) is 0.302. The third-order valence-electron chi connectivity index (χ3n) is 5.55. The second-order valence-electron chi connectivity index (χ2n) is 7.75. The van der Waals surface area contributed by atoms with Crippen molar-refractivity contribution in [2.75, 3.05) is 0 Å². The van der Waals surface area contributed by atoms with Gasteiger partial charge in [0.15, 0.2) is 5.17 Å². The van der Waals surface area contributed by atoms with E-state index in [1.165, 1.54) is 22.5 Å². The van der Waals surface area contributed by atoms with E-state index in [2.05, 4.69) is 65.1 Å². The summed E-state index contributed by atoms with van der Waals surface area (Å²) in [5.74, 6) is -0.188. The molecule has 2 heterocycles. The van der Waals surface area contributed by atoms with Gasteiger partial charge in [-0.05, 0) is 78.4 Å². The number of carbonyl (C=O) groups is 1. The zero-order chi connectivity index (χ0) is 23.1. The number of amides is 1. The number of halogens is 2. The number of benzene rings is 3. The Balaban J connectivity index is 1.48. The Kier molecular flexibility index (Phi) is 5.79. The molecule has 0 radical (unpaired) electrons. The average molecular weight is 492 g/mol. The first-order chi connectivity index (χ1) is 15.9. The molecule has 1 aliphatic heterocycles. The molecule has 5 rings (SSSR count). The summed E-state index contributed by atoms with van der Waals surface area (Å²) in [5, 5.41) is 6.45. The molecule has 1 N–H and O–H groups in total. The van der Waals surface area contributed by atoms with Crippen molar-refractivity contribution in [3.8, 4) is 5.69 Å². The van der Waals surface area contributed by atoms with Crippen LogP contribution in [0.5, 0.6) is 0 Å². The Morgan fingerprint density at radius 2 is 1.76 bits per heavy atom. The van der Waals surface area contributed by atoms with Crippen LogP contribution in [-0.2, 0) is 4.79 Å². The molecule has 0 atom stereocenters. The van der Waals surface area contributed by atoms with Gasteiger partial charge in [0.25, 0.3) is 5.91 Å². The number of hydrogen-bond donors (Lipinski definition) is 1. The highest BCUT2D eigenvalue weighted by Crippen LogP contribution is 2.35. The van der Waals surface area contributed by atoms with Crippen LogP contribution in [0.1, 0.15) is 17.0 Å². The van der Waals surface area contributed by atoms with Crippen molar-refractivity contribution in [2.45, 2.75) is 13.8 Å². The van der Waals surface area contributed by atoms with Crippen LogP contribution < -0.4 is 5.32 Å². The predicted molar refractivity (Wildman–Crippen MR) is 140 cm³/mol. The monoisotopic (exact) mass is 491 g/mol. The lowest BCUT2D eigenvalue weighted by atomic mass is 10.1. The maximum atomic E-state index is 12.6. The summed E-state index contributed by atoms with van der Waals surface area (Å²) in [5.41, 5.74) is 4.75. The van der Waals surface area contributed by atoms with Crippen LogP contribution in [0.4, 0.5) is 5.69 Å². The number of amidine groups is 1. The molecule has 0 bridgehead atoms. The zero-order valence-corrected chi connectivity index (χ0v) is 20.2. The molecule has 0 unspecified atom stereocenters. The average Bonchev–Trinajstić information content (AvgIpc) is 3.28. The van der Waals surface area contributed by atoms with Crippen molar-refractivity contribution in [1.82, 2.24) is 9.88 Å². The second kappa shape index (κ2) is 8.75. The van der Waals surface area contributed by atoms with Gasteiger partial charge in [-0.15, -0.1) is 0 Å². The lowest BCUT2D eigenvalue weighted by Crippen LogP contribution is -2.19. The molecule has 0 aliphatic carbocycles. The van der Waals surface area contributed by atoms with Crippen molar-refractivity contribution in [3.63, 3.8) is 0 Å². The van der Waals surface area contributed by atoms with Crippen LogP contribution in [0.15, 0.2) is 76.6 Å². The smallest absolute Gasteiger partial charge is 0.264 e. The van der Waals surface area contributed by atoms with E-state index in [0.29, 0.717) is 25.8 Å². The van der Waals surface area contributed by atoms with Gasteiger partial charge < -0.3 is 9.88 Å². The summed E-state index contributed by atoms with van der Waals surface area (Å²) in [7, 11) is 0. The molecule has 0 saturated carbocycles. The van der Waals surface area contributed by atoms with E-state index in [-0.39, 0.29) is 5.91 Å². The van der Waals surface area contributed by atoms with Crippen molar-refractivity contribution < 1.29 is 4.79 Å². The Bertz CT molecular complexity index is 1490. The van der Waals surface area contributed by atoms with E-state index in [4.69, 9.17) is 23.2 Å². The molecule has 3 aromatic carbocycles. The zero-order valence-electron chi connectivity index (χ0n) is 17.9. The van der Waals surface area contributed by atoms with Crippen LogP contribution in [0.25, 0.3) is 22.5 Å². The Morgan fingerprint density at radius 1 is 0.970 bits per heavy atom. The fourth-order valence-corrected chi connectivity index (χ4v) is 5.12. The van der Waals surface area contributed by atoms with Crippen LogP contribution in [0.3, 0.4) is 0 Å². The molecule has 1 fully saturated rings. The Hall–Kier alpha value is -2.99. The van der Waals surface area contributed by atoms with Gasteiger partial charge in [0, 0.05) is 17.1 Å². The van der Waals surface area contributed by atoms with E-state index < -0.39 is 0 Å². The number of nitrogens with zero attached hydrogens (tertiary/aromatic N) is 2. The lowest BCUT2D eigenvalue weighted by Gasteiger charge is -2.11. The van der Waals surface area contributed by atoms with Gasteiger partial charge in [-0.25, -0.2) is 4.99 Å². The number of hydrogen-bond acceptors (Lipinski definition) is 3. The molecule has 4 aromatic rings. The first kappa shape index (κ1) is 21.8. The second-order valence-corrected chi connectivity index (χ2v) is 9.56. The third kappa shape index (κ3) is 4.20. The number of aromatic nitrogens is 1. The fraction of sp³-hybridized carbons (Fsp3) is 0.0769. The number of carbonyl (C=O) groups excluding carboxylic acids is 1. The van der Waals surface area contributed by atoms with Gasteiger partial charge >= 0.3 is 0 Å². The SMILES string of the molecule is Cc1cc(C=C2SC(=Nc3cccc(Cl)c3Cl)NC2=O)c(C)n1-c1ccc2ccccc2c1. The van der Waals surface area contributed by atoms with Crippen molar-refractivity contribution in [1.29, 1.82) is 0 Å².